The van der Waals surface area contributed by atoms with Gasteiger partial charge in [0.2, 0.25) is 11.8 Å². The monoisotopic (exact) mass is 326 g/mol. The molecular formula is C19H19FN2O2. The second-order valence-corrected chi connectivity index (χ2v) is 5.97. The molecule has 2 amide bonds. The zero-order chi connectivity index (χ0) is 17.1. The van der Waals surface area contributed by atoms with Gasteiger partial charge in [0, 0.05) is 25.7 Å². The number of likely N-dealkylation sites (N-methyl/N-ethyl adjacent to an activating group) is 1. The summed E-state index contributed by atoms with van der Waals surface area (Å²) >= 11 is 0. The first-order valence-corrected chi connectivity index (χ1v) is 7.93. The van der Waals surface area contributed by atoms with Crippen molar-refractivity contribution in [2.75, 3.05) is 11.9 Å². The number of carbonyl (C=O) groups is 2. The van der Waals surface area contributed by atoms with Crippen LogP contribution in [0.15, 0.2) is 54.6 Å². The summed E-state index contributed by atoms with van der Waals surface area (Å²) in [6.45, 7) is 0.488. The molecule has 0 radical (unpaired) electrons. The first kappa shape index (κ1) is 16.2. The maximum atomic E-state index is 13.1. The Morgan fingerprint density at radius 3 is 2.50 bits per heavy atom. The van der Waals surface area contributed by atoms with E-state index < -0.39 is 6.04 Å². The number of hydrogen-bond acceptors (Lipinski definition) is 2. The Kier molecular flexibility index (Phi) is 4.60. The van der Waals surface area contributed by atoms with E-state index in [1.54, 1.807) is 11.9 Å². The fourth-order valence-corrected chi connectivity index (χ4v) is 3.03. The molecule has 0 N–H and O–H groups in total. The third-order valence-corrected chi connectivity index (χ3v) is 4.24. The molecule has 1 unspecified atom stereocenters. The zero-order valence-corrected chi connectivity index (χ0v) is 13.5. The van der Waals surface area contributed by atoms with Crippen LogP contribution in [0, 0.1) is 5.82 Å². The molecule has 1 fully saturated rings. The number of anilines is 1. The Morgan fingerprint density at radius 1 is 1.17 bits per heavy atom. The highest BCUT2D eigenvalue weighted by atomic mass is 19.1. The number of nitrogens with zero attached hydrogens (tertiary/aromatic N) is 2. The van der Waals surface area contributed by atoms with Gasteiger partial charge >= 0.3 is 0 Å². The molecule has 1 aliphatic heterocycles. The van der Waals surface area contributed by atoms with E-state index in [1.807, 2.05) is 30.3 Å². The van der Waals surface area contributed by atoms with Crippen LogP contribution in [-0.2, 0) is 16.1 Å². The minimum Gasteiger partial charge on any atom is -0.340 e. The van der Waals surface area contributed by atoms with Crippen molar-refractivity contribution >= 4 is 17.5 Å². The number of rotatable bonds is 4. The van der Waals surface area contributed by atoms with Crippen LogP contribution < -0.4 is 4.90 Å². The van der Waals surface area contributed by atoms with E-state index in [9.17, 15) is 14.0 Å². The molecule has 4 nitrogen and oxygen atoms in total. The van der Waals surface area contributed by atoms with Gasteiger partial charge in [0.15, 0.2) is 0 Å². The van der Waals surface area contributed by atoms with E-state index in [0.29, 0.717) is 25.1 Å². The van der Waals surface area contributed by atoms with Crippen molar-refractivity contribution in [3.05, 3.63) is 66.0 Å². The van der Waals surface area contributed by atoms with Crippen molar-refractivity contribution in [2.24, 2.45) is 0 Å². The first-order valence-electron chi connectivity index (χ1n) is 7.93. The number of benzene rings is 2. The summed E-state index contributed by atoms with van der Waals surface area (Å²) in [6.07, 6.45) is 0.807. The standard InChI is InChI=1S/C19H19FN2O2/c1-21(13-14-5-3-2-4-6-14)19(24)17-11-12-18(23)22(17)16-9-7-15(20)8-10-16/h2-10,17H,11-13H2,1H3. The Bertz CT molecular complexity index is 731. The molecule has 0 spiro atoms. The quantitative estimate of drug-likeness (QED) is 0.867. The maximum Gasteiger partial charge on any atom is 0.245 e. The van der Waals surface area contributed by atoms with Gasteiger partial charge in [0.05, 0.1) is 0 Å². The van der Waals surface area contributed by atoms with Gasteiger partial charge in [-0.25, -0.2) is 4.39 Å². The lowest BCUT2D eigenvalue weighted by Crippen LogP contribution is -2.45. The van der Waals surface area contributed by atoms with Gasteiger partial charge in [0.25, 0.3) is 0 Å². The van der Waals surface area contributed by atoms with Crippen LogP contribution in [0.4, 0.5) is 10.1 Å². The van der Waals surface area contributed by atoms with E-state index in [0.717, 1.165) is 5.56 Å². The second kappa shape index (κ2) is 6.83. The number of carbonyl (C=O) groups excluding carboxylic acids is 2. The molecule has 1 aliphatic rings. The van der Waals surface area contributed by atoms with Crippen LogP contribution in [0.1, 0.15) is 18.4 Å². The number of halogens is 1. The third-order valence-electron chi connectivity index (χ3n) is 4.24. The van der Waals surface area contributed by atoms with Gasteiger partial charge in [-0.1, -0.05) is 30.3 Å². The van der Waals surface area contributed by atoms with Gasteiger partial charge < -0.3 is 4.90 Å². The minimum absolute atomic E-state index is 0.103. The van der Waals surface area contributed by atoms with Crippen LogP contribution in [-0.4, -0.2) is 29.8 Å². The van der Waals surface area contributed by atoms with E-state index in [4.69, 9.17) is 0 Å². The van der Waals surface area contributed by atoms with Gasteiger partial charge in [-0.3, -0.25) is 14.5 Å². The summed E-state index contributed by atoms with van der Waals surface area (Å²) in [4.78, 5) is 28.1. The molecule has 1 atom stereocenters. The van der Waals surface area contributed by atoms with Crippen LogP contribution in [0.25, 0.3) is 0 Å². The van der Waals surface area contributed by atoms with Crippen molar-refractivity contribution in [3.63, 3.8) is 0 Å². The SMILES string of the molecule is CN(Cc1ccccc1)C(=O)C1CCC(=O)N1c1ccc(F)cc1. The summed E-state index contributed by atoms with van der Waals surface area (Å²) in [7, 11) is 1.74. The fraction of sp³-hybridized carbons (Fsp3) is 0.263. The molecule has 24 heavy (non-hydrogen) atoms. The average molecular weight is 326 g/mol. The molecule has 0 aromatic heterocycles. The molecule has 2 aromatic carbocycles. The molecule has 0 saturated carbocycles. The normalized spacial score (nSPS) is 17.2. The highest BCUT2D eigenvalue weighted by Gasteiger charge is 2.38. The molecule has 0 bridgehead atoms. The Balaban J connectivity index is 1.77. The Labute approximate surface area is 140 Å². The lowest BCUT2D eigenvalue weighted by Gasteiger charge is -2.28. The van der Waals surface area contributed by atoms with Crippen molar-refractivity contribution < 1.29 is 14.0 Å². The highest BCUT2D eigenvalue weighted by molar-refractivity contribution is 6.03. The molecule has 5 heteroatoms. The van der Waals surface area contributed by atoms with Crippen LogP contribution in [0.2, 0.25) is 0 Å². The third kappa shape index (κ3) is 3.30. The maximum absolute atomic E-state index is 13.1. The fourth-order valence-electron chi connectivity index (χ4n) is 3.03. The molecule has 1 saturated heterocycles. The van der Waals surface area contributed by atoms with Crippen molar-refractivity contribution in [1.29, 1.82) is 0 Å². The predicted octanol–water partition coefficient (Wildman–Crippen LogP) is 2.98. The summed E-state index contributed by atoms with van der Waals surface area (Å²) in [5.74, 6) is -0.573. The zero-order valence-electron chi connectivity index (χ0n) is 13.5. The van der Waals surface area contributed by atoms with E-state index >= 15 is 0 Å². The van der Waals surface area contributed by atoms with E-state index in [1.165, 1.54) is 29.2 Å². The van der Waals surface area contributed by atoms with Crippen LogP contribution in [0.3, 0.4) is 0 Å². The largest absolute Gasteiger partial charge is 0.340 e. The highest BCUT2D eigenvalue weighted by Crippen LogP contribution is 2.28. The number of amides is 2. The second-order valence-electron chi connectivity index (χ2n) is 5.97. The smallest absolute Gasteiger partial charge is 0.245 e. The lowest BCUT2D eigenvalue weighted by molar-refractivity contribution is -0.132. The minimum atomic E-state index is -0.531. The summed E-state index contributed by atoms with van der Waals surface area (Å²) in [6, 6.07) is 14.9. The molecule has 1 heterocycles. The van der Waals surface area contributed by atoms with Crippen molar-refractivity contribution in [3.8, 4) is 0 Å². The topological polar surface area (TPSA) is 40.6 Å². The molecule has 2 aromatic rings. The van der Waals surface area contributed by atoms with Crippen LogP contribution >= 0.6 is 0 Å². The van der Waals surface area contributed by atoms with Gasteiger partial charge in [-0.2, -0.15) is 0 Å². The molecule has 124 valence electrons. The van der Waals surface area contributed by atoms with Crippen molar-refractivity contribution in [1.82, 2.24) is 4.90 Å². The van der Waals surface area contributed by atoms with Crippen LogP contribution in [0.5, 0.6) is 0 Å². The first-order chi connectivity index (χ1) is 11.6. The summed E-state index contributed by atoms with van der Waals surface area (Å²) in [5, 5.41) is 0. The molecular weight excluding hydrogens is 307 g/mol. The summed E-state index contributed by atoms with van der Waals surface area (Å²) in [5.41, 5.74) is 1.59. The molecule has 3 rings (SSSR count). The Hall–Kier alpha value is -2.69. The summed E-state index contributed by atoms with van der Waals surface area (Å²) < 4.78 is 13.1. The van der Waals surface area contributed by atoms with E-state index in [-0.39, 0.29) is 17.6 Å². The Morgan fingerprint density at radius 2 is 1.83 bits per heavy atom. The lowest BCUT2D eigenvalue weighted by atomic mass is 10.1. The predicted molar refractivity (Wildman–Crippen MR) is 89.8 cm³/mol. The van der Waals surface area contributed by atoms with E-state index in [2.05, 4.69) is 0 Å². The molecule has 0 aliphatic carbocycles. The van der Waals surface area contributed by atoms with Gasteiger partial charge in [-0.15, -0.1) is 0 Å². The van der Waals surface area contributed by atoms with Crippen molar-refractivity contribution in [2.45, 2.75) is 25.4 Å². The average Bonchev–Trinajstić information content (AvgIpc) is 2.97. The number of hydrogen-bond donors (Lipinski definition) is 0. The van der Waals surface area contributed by atoms with Gasteiger partial charge in [-0.05, 0) is 36.2 Å². The van der Waals surface area contributed by atoms with Gasteiger partial charge in [0.1, 0.15) is 11.9 Å².